The Morgan fingerprint density at radius 1 is 1.05 bits per heavy atom. The van der Waals surface area contributed by atoms with Crippen molar-refractivity contribution >= 4 is 11.0 Å². The minimum Gasteiger partial charge on any atom is -0.461 e. The Morgan fingerprint density at radius 2 is 1.71 bits per heavy atom. The summed E-state index contributed by atoms with van der Waals surface area (Å²) in [5, 5.41) is 19.0. The van der Waals surface area contributed by atoms with Gasteiger partial charge in [0, 0.05) is 18.2 Å². The van der Waals surface area contributed by atoms with Crippen LogP contribution in [0.3, 0.4) is 0 Å². The van der Waals surface area contributed by atoms with E-state index in [1.165, 1.54) is 0 Å². The molecule has 0 amide bonds. The standard InChI is InChI=1S/C15H11F3N2O/c16-15(17,18)6-5-14(9-19,10-20)8-12-7-11-3-1-2-4-13(11)21-12/h1-4,7H,5-6,8H2. The summed E-state index contributed by atoms with van der Waals surface area (Å²) in [6, 6.07) is 12.1. The summed E-state index contributed by atoms with van der Waals surface area (Å²) in [7, 11) is 0. The highest BCUT2D eigenvalue weighted by molar-refractivity contribution is 5.77. The van der Waals surface area contributed by atoms with Crippen molar-refractivity contribution in [3.05, 3.63) is 36.1 Å². The Kier molecular flexibility index (Phi) is 3.90. The van der Waals surface area contributed by atoms with E-state index < -0.39 is 24.4 Å². The molecule has 6 heteroatoms. The van der Waals surface area contributed by atoms with Gasteiger partial charge in [-0.15, -0.1) is 0 Å². The predicted molar refractivity (Wildman–Crippen MR) is 68.9 cm³/mol. The lowest BCUT2D eigenvalue weighted by atomic mass is 9.82. The molecule has 0 atom stereocenters. The van der Waals surface area contributed by atoms with E-state index in [1.807, 2.05) is 0 Å². The average molecular weight is 292 g/mol. The molecule has 0 saturated carbocycles. The van der Waals surface area contributed by atoms with Crippen LogP contribution in [0.5, 0.6) is 0 Å². The van der Waals surface area contributed by atoms with Crippen molar-refractivity contribution in [2.45, 2.75) is 25.4 Å². The number of hydrogen-bond acceptors (Lipinski definition) is 3. The quantitative estimate of drug-likeness (QED) is 0.841. The fourth-order valence-electron chi connectivity index (χ4n) is 2.08. The van der Waals surface area contributed by atoms with Gasteiger partial charge < -0.3 is 4.42 Å². The summed E-state index contributed by atoms with van der Waals surface area (Å²) in [5.74, 6) is 0.335. The van der Waals surface area contributed by atoms with Gasteiger partial charge in [-0.3, -0.25) is 0 Å². The Bertz CT molecular complexity index is 672. The van der Waals surface area contributed by atoms with E-state index in [0.29, 0.717) is 11.3 Å². The van der Waals surface area contributed by atoms with E-state index in [-0.39, 0.29) is 6.42 Å². The topological polar surface area (TPSA) is 60.7 Å². The number of rotatable bonds is 4. The molecule has 0 spiro atoms. The largest absolute Gasteiger partial charge is 0.461 e. The van der Waals surface area contributed by atoms with E-state index in [1.54, 1.807) is 42.5 Å². The molecule has 0 aliphatic rings. The highest BCUT2D eigenvalue weighted by Gasteiger charge is 2.37. The highest BCUT2D eigenvalue weighted by Crippen LogP contribution is 2.34. The second-order valence-corrected chi connectivity index (χ2v) is 4.85. The predicted octanol–water partition coefficient (Wildman–Crippen LogP) is 4.35. The summed E-state index contributed by atoms with van der Waals surface area (Å²) >= 11 is 0. The van der Waals surface area contributed by atoms with Gasteiger partial charge in [0.15, 0.2) is 5.41 Å². The van der Waals surface area contributed by atoms with Gasteiger partial charge in [0.2, 0.25) is 0 Å². The molecule has 21 heavy (non-hydrogen) atoms. The normalized spacial score (nSPS) is 12.0. The monoisotopic (exact) mass is 292 g/mol. The van der Waals surface area contributed by atoms with E-state index in [2.05, 4.69) is 0 Å². The third-order valence-electron chi connectivity index (χ3n) is 3.22. The van der Waals surface area contributed by atoms with Gasteiger partial charge in [-0.05, 0) is 18.6 Å². The third-order valence-corrected chi connectivity index (χ3v) is 3.22. The number of alkyl halides is 3. The van der Waals surface area contributed by atoms with Gasteiger partial charge in [0.1, 0.15) is 11.3 Å². The molecule has 0 bridgehead atoms. The van der Waals surface area contributed by atoms with E-state index in [9.17, 15) is 13.2 Å². The van der Waals surface area contributed by atoms with E-state index >= 15 is 0 Å². The zero-order valence-corrected chi connectivity index (χ0v) is 10.9. The highest BCUT2D eigenvalue weighted by atomic mass is 19.4. The fraction of sp³-hybridized carbons (Fsp3) is 0.333. The van der Waals surface area contributed by atoms with Crippen LogP contribution in [-0.2, 0) is 6.42 Å². The van der Waals surface area contributed by atoms with Crippen LogP contribution in [0.4, 0.5) is 13.2 Å². The minimum atomic E-state index is -4.40. The summed E-state index contributed by atoms with van der Waals surface area (Å²) in [6.07, 6.45) is -6.30. The molecular formula is C15H11F3N2O. The van der Waals surface area contributed by atoms with Crippen LogP contribution in [0.2, 0.25) is 0 Å². The first kappa shape index (κ1) is 14.9. The van der Waals surface area contributed by atoms with Gasteiger partial charge >= 0.3 is 6.18 Å². The molecule has 2 rings (SSSR count). The Labute approximate surface area is 119 Å². The molecule has 0 radical (unpaired) electrons. The Balaban J connectivity index is 2.23. The minimum absolute atomic E-state index is 0.162. The van der Waals surface area contributed by atoms with Crippen molar-refractivity contribution in [3.63, 3.8) is 0 Å². The molecule has 0 aliphatic carbocycles. The van der Waals surface area contributed by atoms with Crippen molar-refractivity contribution in [3.8, 4) is 12.1 Å². The number of hydrogen-bond donors (Lipinski definition) is 0. The molecule has 3 nitrogen and oxygen atoms in total. The van der Waals surface area contributed by atoms with Crippen LogP contribution in [0.25, 0.3) is 11.0 Å². The SMILES string of the molecule is N#CC(C#N)(CCC(F)(F)F)Cc1cc2ccccc2o1. The van der Waals surface area contributed by atoms with Crippen LogP contribution in [0.15, 0.2) is 34.7 Å². The molecule has 1 aromatic carbocycles. The first-order valence-electron chi connectivity index (χ1n) is 6.24. The zero-order chi connectivity index (χ0) is 15.5. The maximum absolute atomic E-state index is 12.3. The molecule has 0 aliphatic heterocycles. The Morgan fingerprint density at radius 3 is 2.29 bits per heavy atom. The van der Waals surface area contributed by atoms with Crippen LogP contribution in [0.1, 0.15) is 18.6 Å². The molecule has 2 aromatic rings. The van der Waals surface area contributed by atoms with Crippen molar-refractivity contribution in [1.29, 1.82) is 10.5 Å². The van der Waals surface area contributed by atoms with Gasteiger partial charge in [-0.1, -0.05) is 18.2 Å². The van der Waals surface area contributed by atoms with Crippen molar-refractivity contribution < 1.29 is 17.6 Å². The second kappa shape index (κ2) is 5.49. The van der Waals surface area contributed by atoms with E-state index in [0.717, 1.165) is 5.39 Å². The first-order valence-corrected chi connectivity index (χ1v) is 6.24. The number of para-hydroxylation sites is 1. The average Bonchev–Trinajstić information content (AvgIpc) is 2.84. The van der Waals surface area contributed by atoms with E-state index in [4.69, 9.17) is 14.9 Å². The number of benzene rings is 1. The van der Waals surface area contributed by atoms with Crippen molar-refractivity contribution in [2.24, 2.45) is 5.41 Å². The summed E-state index contributed by atoms with van der Waals surface area (Å²) in [4.78, 5) is 0. The maximum atomic E-state index is 12.3. The smallest absolute Gasteiger partial charge is 0.389 e. The molecule has 0 fully saturated rings. The van der Waals surface area contributed by atoms with Gasteiger partial charge in [0.05, 0.1) is 12.1 Å². The first-order chi connectivity index (χ1) is 9.87. The van der Waals surface area contributed by atoms with Crippen LogP contribution < -0.4 is 0 Å². The number of halogens is 3. The number of nitriles is 2. The molecular weight excluding hydrogens is 281 g/mol. The summed E-state index contributed by atoms with van der Waals surface area (Å²) in [6.45, 7) is 0. The van der Waals surface area contributed by atoms with Crippen LogP contribution in [-0.4, -0.2) is 6.18 Å². The van der Waals surface area contributed by atoms with Crippen LogP contribution in [0, 0.1) is 28.1 Å². The number of fused-ring (bicyclic) bond motifs is 1. The summed E-state index contributed by atoms with van der Waals surface area (Å²) < 4.78 is 42.4. The number of nitrogens with zero attached hydrogens (tertiary/aromatic N) is 2. The molecule has 108 valence electrons. The fourth-order valence-corrected chi connectivity index (χ4v) is 2.08. The number of furan rings is 1. The van der Waals surface area contributed by atoms with Crippen LogP contribution >= 0.6 is 0 Å². The summed E-state index contributed by atoms with van der Waals surface area (Å²) in [5.41, 5.74) is -1.16. The zero-order valence-electron chi connectivity index (χ0n) is 10.9. The lowest BCUT2D eigenvalue weighted by molar-refractivity contribution is -0.138. The Hall–Kier alpha value is -2.47. The lowest BCUT2D eigenvalue weighted by Gasteiger charge is -2.17. The molecule has 1 heterocycles. The maximum Gasteiger partial charge on any atom is 0.389 e. The molecule has 0 unspecified atom stereocenters. The molecule has 0 N–H and O–H groups in total. The van der Waals surface area contributed by atoms with Gasteiger partial charge in [0.25, 0.3) is 0 Å². The van der Waals surface area contributed by atoms with Gasteiger partial charge in [-0.25, -0.2) is 0 Å². The second-order valence-electron chi connectivity index (χ2n) is 4.85. The van der Waals surface area contributed by atoms with Crippen molar-refractivity contribution in [1.82, 2.24) is 0 Å². The molecule has 1 aromatic heterocycles. The molecule has 0 saturated heterocycles. The third kappa shape index (κ3) is 3.55. The lowest BCUT2D eigenvalue weighted by Crippen LogP contribution is -2.22. The van der Waals surface area contributed by atoms with Gasteiger partial charge in [-0.2, -0.15) is 23.7 Å². The van der Waals surface area contributed by atoms with Crippen molar-refractivity contribution in [2.75, 3.05) is 0 Å².